The number of halogens is 2. The van der Waals surface area contributed by atoms with E-state index in [2.05, 4.69) is 36.5 Å². The molecule has 2 aromatic carbocycles. The Kier molecular flexibility index (Phi) is 5.84. The monoisotopic (exact) mass is 389 g/mol. The van der Waals surface area contributed by atoms with E-state index in [1.807, 2.05) is 11.5 Å². The molecule has 0 aliphatic heterocycles. The van der Waals surface area contributed by atoms with Gasteiger partial charge in [0.05, 0.1) is 21.1 Å². The van der Waals surface area contributed by atoms with Crippen molar-refractivity contribution < 1.29 is 4.79 Å². The molecule has 0 atom stereocenters. The van der Waals surface area contributed by atoms with E-state index < -0.39 is 0 Å². The van der Waals surface area contributed by atoms with Crippen molar-refractivity contribution in [2.24, 2.45) is 0 Å². The van der Waals surface area contributed by atoms with Gasteiger partial charge in [-0.2, -0.15) is 0 Å². The molecule has 0 aliphatic rings. The van der Waals surface area contributed by atoms with Crippen LogP contribution < -0.4 is 5.32 Å². The predicted molar refractivity (Wildman–Crippen MR) is 107 cm³/mol. The van der Waals surface area contributed by atoms with E-state index in [4.69, 9.17) is 28.2 Å². The lowest BCUT2D eigenvalue weighted by Crippen LogP contribution is -2.28. The second-order valence-electron chi connectivity index (χ2n) is 6.38. The number of hydrogen-bond donors (Lipinski definition) is 1. The molecule has 4 nitrogen and oxygen atoms in total. The van der Waals surface area contributed by atoms with E-state index in [0.717, 1.165) is 28.8 Å². The van der Waals surface area contributed by atoms with Crippen LogP contribution in [0.25, 0.3) is 11.0 Å². The highest BCUT2D eigenvalue weighted by molar-refractivity contribution is 6.42. The number of carbonyl (C=O) groups excluding carboxylic acids is 1. The molecule has 0 bridgehead atoms. The van der Waals surface area contributed by atoms with Gasteiger partial charge in [0.1, 0.15) is 12.4 Å². The SMILES string of the molecule is CCCNC(=O)Cn1c(Cc2ccc(C)cc2)nc2cc(Cl)c(Cl)cc21. The summed E-state index contributed by atoms with van der Waals surface area (Å²) in [5.41, 5.74) is 3.90. The fourth-order valence-electron chi connectivity index (χ4n) is 2.83. The van der Waals surface area contributed by atoms with E-state index in [1.54, 1.807) is 12.1 Å². The van der Waals surface area contributed by atoms with E-state index in [0.29, 0.717) is 23.0 Å². The third-order valence-corrected chi connectivity index (χ3v) is 4.95. The number of fused-ring (bicyclic) bond motifs is 1. The molecule has 136 valence electrons. The Morgan fingerprint density at radius 2 is 1.85 bits per heavy atom. The summed E-state index contributed by atoms with van der Waals surface area (Å²) in [6.07, 6.45) is 1.53. The number of imidazole rings is 1. The van der Waals surface area contributed by atoms with Crippen LogP contribution in [0.1, 0.15) is 30.3 Å². The normalized spacial score (nSPS) is 11.1. The maximum absolute atomic E-state index is 12.3. The summed E-state index contributed by atoms with van der Waals surface area (Å²) in [5.74, 6) is 0.774. The summed E-state index contributed by atoms with van der Waals surface area (Å²) >= 11 is 12.3. The number of carbonyl (C=O) groups is 1. The largest absolute Gasteiger partial charge is 0.355 e. The standard InChI is InChI=1S/C20H21Cl2N3O/c1-3-8-23-20(26)12-25-18-11-16(22)15(21)10-17(18)24-19(25)9-14-6-4-13(2)5-7-14/h4-7,10-11H,3,8-9,12H2,1-2H3,(H,23,26). The van der Waals surface area contributed by atoms with E-state index >= 15 is 0 Å². The highest BCUT2D eigenvalue weighted by Gasteiger charge is 2.16. The molecule has 1 aromatic heterocycles. The van der Waals surface area contributed by atoms with E-state index in [9.17, 15) is 4.79 Å². The molecule has 0 spiro atoms. The second kappa shape index (κ2) is 8.11. The first-order chi connectivity index (χ1) is 12.5. The van der Waals surface area contributed by atoms with Crippen molar-refractivity contribution in [1.82, 2.24) is 14.9 Å². The van der Waals surface area contributed by atoms with Crippen LogP contribution in [0, 0.1) is 6.92 Å². The molecular weight excluding hydrogens is 369 g/mol. The molecule has 3 rings (SSSR count). The fraction of sp³-hybridized carbons (Fsp3) is 0.300. The summed E-state index contributed by atoms with van der Waals surface area (Å²) in [7, 11) is 0. The molecule has 0 fully saturated rings. The number of aryl methyl sites for hydroxylation is 1. The maximum atomic E-state index is 12.3. The lowest BCUT2D eigenvalue weighted by molar-refractivity contribution is -0.121. The second-order valence-corrected chi connectivity index (χ2v) is 7.20. The van der Waals surface area contributed by atoms with Crippen molar-refractivity contribution in [2.45, 2.75) is 33.2 Å². The van der Waals surface area contributed by atoms with Crippen molar-refractivity contribution in [2.75, 3.05) is 6.54 Å². The Balaban J connectivity index is 2.00. The van der Waals surface area contributed by atoms with Gasteiger partial charge in [-0.15, -0.1) is 0 Å². The lowest BCUT2D eigenvalue weighted by atomic mass is 10.1. The smallest absolute Gasteiger partial charge is 0.240 e. The van der Waals surface area contributed by atoms with Crippen molar-refractivity contribution in [3.63, 3.8) is 0 Å². The third-order valence-electron chi connectivity index (χ3n) is 4.23. The molecule has 0 saturated heterocycles. The third kappa shape index (κ3) is 4.19. The molecule has 6 heteroatoms. The van der Waals surface area contributed by atoms with Gasteiger partial charge in [-0.05, 0) is 31.0 Å². The Bertz CT molecular complexity index is 932. The minimum absolute atomic E-state index is 0.0395. The van der Waals surface area contributed by atoms with Gasteiger partial charge >= 0.3 is 0 Å². The lowest BCUT2D eigenvalue weighted by Gasteiger charge is -2.10. The van der Waals surface area contributed by atoms with Crippen molar-refractivity contribution in [3.8, 4) is 0 Å². The minimum Gasteiger partial charge on any atom is -0.355 e. The zero-order valence-electron chi connectivity index (χ0n) is 14.9. The summed E-state index contributed by atoms with van der Waals surface area (Å²) < 4.78 is 1.92. The van der Waals surface area contributed by atoms with Gasteiger partial charge in [0.25, 0.3) is 0 Å². The molecule has 1 heterocycles. The van der Waals surface area contributed by atoms with Crippen LogP contribution in [0.5, 0.6) is 0 Å². The molecule has 0 unspecified atom stereocenters. The van der Waals surface area contributed by atoms with Crippen LogP contribution in [0.15, 0.2) is 36.4 Å². The van der Waals surface area contributed by atoms with Crippen LogP contribution in [0.3, 0.4) is 0 Å². The average Bonchev–Trinajstić information content (AvgIpc) is 2.92. The minimum atomic E-state index is -0.0395. The number of aromatic nitrogens is 2. The van der Waals surface area contributed by atoms with Gasteiger partial charge in [0, 0.05) is 13.0 Å². The topological polar surface area (TPSA) is 46.9 Å². The molecule has 1 amide bonds. The maximum Gasteiger partial charge on any atom is 0.240 e. The van der Waals surface area contributed by atoms with Crippen molar-refractivity contribution >= 4 is 40.1 Å². The highest BCUT2D eigenvalue weighted by Crippen LogP contribution is 2.29. The number of hydrogen-bond acceptors (Lipinski definition) is 2. The Morgan fingerprint density at radius 3 is 2.54 bits per heavy atom. The van der Waals surface area contributed by atoms with Gasteiger partial charge < -0.3 is 9.88 Å². The van der Waals surface area contributed by atoms with Crippen molar-refractivity contribution in [1.29, 1.82) is 0 Å². The first kappa shape index (κ1) is 18.7. The zero-order chi connectivity index (χ0) is 18.7. The van der Waals surface area contributed by atoms with Crippen molar-refractivity contribution in [3.05, 3.63) is 63.4 Å². The molecule has 0 aliphatic carbocycles. The molecule has 3 aromatic rings. The Labute approximate surface area is 163 Å². The Morgan fingerprint density at radius 1 is 1.15 bits per heavy atom. The van der Waals surface area contributed by atoms with Crippen LogP contribution >= 0.6 is 23.2 Å². The van der Waals surface area contributed by atoms with Crippen LogP contribution in [-0.4, -0.2) is 22.0 Å². The number of rotatable bonds is 6. The zero-order valence-corrected chi connectivity index (χ0v) is 16.4. The first-order valence-corrected chi connectivity index (χ1v) is 9.40. The summed E-state index contributed by atoms with van der Waals surface area (Å²) in [6, 6.07) is 11.8. The van der Waals surface area contributed by atoms with E-state index in [1.165, 1.54) is 5.56 Å². The number of nitrogens with one attached hydrogen (secondary N) is 1. The van der Waals surface area contributed by atoms with Gasteiger partial charge in [0.2, 0.25) is 5.91 Å². The highest BCUT2D eigenvalue weighted by atomic mass is 35.5. The van der Waals surface area contributed by atoms with Gasteiger partial charge in [-0.25, -0.2) is 4.98 Å². The summed E-state index contributed by atoms with van der Waals surface area (Å²) in [5, 5.41) is 3.83. The number of nitrogens with zero attached hydrogens (tertiary/aromatic N) is 2. The molecule has 0 saturated carbocycles. The Hall–Kier alpha value is -2.04. The molecular formula is C20H21Cl2N3O. The van der Waals surface area contributed by atoms with Gasteiger partial charge in [-0.3, -0.25) is 4.79 Å². The fourth-order valence-corrected chi connectivity index (χ4v) is 3.15. The number of benzene rings is 2. The average molecular weight is 390 g/mol. The van der Waals surface area contributed by atoms with Crippen LogP contribution in [0.4, 0.5) is 0 Å². The van der Waals surface area contributed by atoms with E-state index in [-0.39, 0.29) is 12.5 Å². The quantitative estimate of drug-likeness (QED) is 0.659. The predicted octanol–water partition coefficient (Wildman–Crippen LogP) is 4.77. The van der Waals surface area contributed by atoms with Gasteiger partial charge in [0.15, 0.2) is 0 Å². The number of amides is 1. The molecule has 1 N–H and O–H groups in total. The molecule has 26 heavy (non-hydrogen) atoms. The summed E-state index contributed by atoms with van der Waals surface area (Å²) in [6.45, 7) is 4.94. The summed E-state index contributed by atoms with van der Waals surface area (Å²) in [4.78, 5) is 17.0. The van der Waals surface area contributed by atoms with Gasteiger partial charge in [-0.1, -0.05) is 60.0 Å². The molecule has 0 radical (unpaired) electrons. The first-order valence-electron chi connectivity index (χ1n) is 8.64. The van der Waals surface area contributed by atoms with Crippen LogP contribution in [-0.2, 0) is 17.8 Å². The van der Waals surface area contributed by atoms with Crippen LogP contribution in [0.2, 0.25) is 10.0 Å².